The van der Waals surface area contributed by atoms with E-state index in [1.165, 1.54) is 22.6 Å². The predicted molar refractivity (Wildman–Crippen MR) is 81.3 cm³/mol. The minimum atomic E-state index is -0.592. The Hall–Kier alpha value is -0.910. The Kier molecular flexibility index (Phi) is 3.84. The van der Waals surface area contributed by atoms with Crippen LogP contribution in [0.1, 0.15) is 32.5 Å². The molecule has 0 spiro atoms. The number of benzene rings is 1. The minimum absolute atomic E-state index is 0.236. The molecule has 1 aromatic carbocycles. The number of rotatable bonds is 2. The van der Waals surface area contributed by atoms with Crippen LogP contribution in [0.2, 0.25) is 0 Å². The Labute approximate surface area is 125 Å². The van der Waals surface area contributed by atoms with Gasteiger partial charge in [-0.05, 0) is 48.4 Å². The molecular formula is C15H15F2NS2. The smallest absolute Gasteiger partial charge is 0.128 e. The van der Waals surface area contributed by atoms with Gasteiger partial charge in [0.25, 0.3) is 0 Å². The zero-order valence-corrected chi connectivity index (χ0v) is 12.7. The third-order valence-electron chi connectivity index (χ3n) is 3.57. The lowest BCUT2D eigenvalue weighted by Gasteiger charge is -2.12. The van der Waals surface area contributed by atoms with Crippen molar-refractivity contribution in [2.24, 2.45) is 5.73 Å². The molecule has 0 bridgehead atoms. The zero-order chi connectivity index (χ0) is 14.3. The number of hydrogen-bond donors (Lipinski definition) is 1. The lowest BCUT2D eigenvalue weighted by molar-refractivity contribution is 0.571. The normalized spacial score (nSPS) is 16.0. The van der Waals surface area contributed by atoms with Crippen LogP contribution in [0.5, 0.6) is 0 Å². The van der Waals surface area contributed by atoms with Crippen molar-refractivity contribution in [2.75, 3.05) is 5.75 Å². The van der Waals surface area contributed by atoms with E-state index in [9.17, 15) is 8.78 Å². The lowest BCUT2D eigenvalue weighted by atomic mass is 10.0. The highest BCUT2D eigenvalue weighted by molar-refractivity contribution is 7.98. The van der Waals surface area contributed by atoms with Crippen molar-refractivity contribution in [1.82, 2.24) is 0 Å². The van der Waals surface area contributed by atoms with Gasteiger partial charge in [-0.1, -0.05) is 0 Å². The van der Waals surface area contributed by atoms with Crippen molar-refractivity contribution in [2.45, 2.75) is 25.1 Å². The van der Waals surface area contributed by atoms with E-state index in [-0.39, 0.29) is 5.56 Å². The summed E-state index contributed by atoms with van der Waals surface area (Å²) in [5.41, 5.74) is 7.98. The molecule has 0 saturated carbocycles. The molecule has 0 radical (unpaired) electrons. The Bertz CT molecular complexity index is 628. The van der Waals surface area contributed by atoms with Crippen molar-refractivity contribution in [1.29, 1.82) is 0 Å². The van der Waals surface area contributed by atoms with Gasteiger partial charge in [-0.15, -0.1) is 11.3 Å². The fraction of sp³-hybridized carbons (Fsp3) is 0.333. The molecule has 1 aliphatic rings. The Morgan fingerprint density at radius 3 is 2.75 bits per heavy atom. The molecule has 1 aliphatic heterocycles. The molecule has 1 nitrogen and oxygen atoms in total. The summed E-state index contributed by atoms with van der Waals surface area (Å²) in [5, 5.41) is 0. The van der Waals surface area contributed by atoms with Gasteiger partial charge in [0.15, 0.2) is 0 Å². The van der Waals surface area contributed by atoms with Crippen LogP contribution in [0.15, 0.2) is 18.2 Å². The molecule has 1 aromatic heterocycles. The van der Waals surface area contributed by atoms with Crippen LogP contribution >= 0.6 is 23.1 Å². The third-order valence-corrected chi connectivity index (χ3v) is 5.89. The molecule has 5 heteroatoms. The maximum absolute atomic E-state index is 14.0. The van der Waals surface area contributed by atoms with E-state index in [0.717, 1.165) is 22.8 Å². The summed E-state index contributed by atoms with van der Waals surface area (Å²) in [4.78, 5) is 2.25. The quantitative estimate of drug-likeness (QED) is 0.900. The van der Waals surface area contributed by atoms with E-state index >= 15 is 0 Å². The average molecular weight is 311 g/mol. The maximum Gasteiger partial charge on any atom is 0.128 e. The highest BCUT2D eigenvalue weighted by atomic mass is 32.2. The topological polar surface area (TPSA) is 26.0 Å². The first-order valence-corrected chi connectivity index (χ1v) is 8.43. The number of hydrogen-bond acceptors (Lipinski definition) is 3. The van der Waals surface area contributed by atoms with Crippen molar-refractivity contribution < 1.29 is 8.78 Å². The van der Waals surface area contributed by atoms with Crippen LogP contribution in [-0.2, 0) is 12.2 Å². The van der Waals surface area contributed by atoms with Gasteiger partial charge in [-0.3, -0.25) is 0 Å². The average Bonchev–Trinajstić information content (AvgIpc) is 2.86. The fourth-order valence-electron chi connectivity index (χ4n) is 2.38. The highest BCUT2D eigenvalue weighted by Gasteiger charge is 2.21. The molecule has 0 aliphatic carbocycles. The third kappa shape index (κ3) is 2.50. The Morgan fingerprint density at radius 1 is 1.20 bits per heavy atom. The molecule has 2 heterocycles. The zero-order valence-electron chi connectivity index (χ0n) is 11.1. The summed E-state index contributed by atoms with van der Waals surface area (Å²) in [5.74, 6) is 1.27. The molecule has 1 unspecified atom stereocenters. The summed E-state index contributed by atoms with van der Waals surface area (Å²) in [6.45, 7) is 1.55. The van der Waals surface area contributed by atoms with Gasteiger partial charge in [-0.2, -0.15) is 11.8 Å². The molecule has 0 saturated heterocycles. The molecule has 0 amide bonds. The number of aryl methyl sites for hydroxylation is 2. The molecule has 0 fully saturated rings. The van der Waals surface area contributed by atoms with Crippen molar-refractivity contribution in [3.63, 3.8) is 0 Å². The fourth-order valence-corrected chi connectivity index (χ4v) is 4.77. The molecular weight excluding hydrogens is 296 g/mol. The van der Waals surface area contributed by atoms with E-state index < -0.39 is 17.7 Å². The first kappa shape index (κ1) is 14.0. The van der Waals surface area contributed by atoms with Gasteiger partial charge in [0.1, 0.15) is 11.6 Å². The second kappa shape index (κ2) is 5.47. The van der Waals surface area contributed by atoms with Crippen LogP contribution in [0.3, 0.4) is 0 Å². The maximum atomic E-state index is 14.0. The van der Waals surface area contributed by atoms with E-state index in [1.54, 1.807) is 18.3 Å². The second-order valence-electron chi connectivity index (χ2n) is 5.00. The summed E-state index contributed by atoms with van der Waals surface area (Å²) in [7, 11) is 0. The number of halogens is 2. The summed E-state index contributed by atoms with van der Waals surface area (Å²) < 4.78 is 27.6. The molecule has 1 atom stereocenters. The van der Waals surface area contributed by atoms with Crippen molar-refractivity contribution >= 4 is 23.1 Å². The number of thiophene rings is 1. The molecule has 3 rings (SSSR count). The van der Waals surface area contributed by atoms with E-state index in [4.69, 9.17) is 5.73 Å². The lowest BCUT2D eigenvalue weighted by Crippen LogP contribution is -2.13. The molecule has 106 valence electrons. The number of fused-ring (bicyclic) bond motifs is 1. The summed E-state index contributed by atoms with van der Waals surface area (Å²) in [6, 6.07) is 3.90. The van der Waals surface area contributed by atoms with E-state index in [1.807, 2.05) is 17.8 Å². The van der Waals surface area contributed by atoms with E-state index in [0.29, 0.717) is 5.56 Å². The van der Waals surface area contributed by atoms with E-state index in [2.05, 4.69) is 0 Å². The van der Waals surface area contributed by atoms with Crippen molar-refractivity contribution in [3.8, 4) is 0 Å². The first-order chi connectivity index (χ1) is 9.56. The van der Waals surface area contributed by atoms with Gasteiger partial charge < -0.3 is 5.73 Å². The van der Waals surface area contributed by atoms with Crippen LogP contribution < -0.4 is 5.73 Å². The highest BCUT2D eigenvalue weighted by Crippen LogP contribution is 2.36. The van der Waals surface area contributed by atoms with Crippen LogP contribution in [0.4, 0.5) is 8.78 Å². The Morgan fingerprint density at radius 2 is 2.00 bits per heavy atom. The number of nitrogens with two attached hydrogens (primary N) is 1. The molecule has 2 N–H and O–H groups in total. The summed E-state index contributed by atoms with van der Waals surface area (Å²) >= 11 is 3.53. The van der Waals surface area contributed by atoms with Crippen LogP contribution in [-0.4, -0.2) is 5.75 Å². The van der Waals surface area contributed by atoms with Gasteiger partial charge in [0, 0.05) is 21.1 Å². The molecule has 2 aromatic rings. The second-order valence-corrected chi connectivity index (χ2v) is 7.27. The largest absolute Gasteiger partial charge is 0.320 e. The van der Waals surface area contributed by atoms with Gasteiger partial charge >= 0.3 is 0 Å². The van der Waals surface area contributed by atoms with Crippen molar-refractivity contribution in [3.05, 3.63) is 56.3 Å². The standard InChI is InChI=1S/C15H15F2NS2/c1-8-4-12(17)10(6-11(8)16)15(18)14-5-9-7-19-3-2-13(9)20-14/h4-6,15H,2-3,7,18H2,1H3. The van der Waals surface area contributed by atoms with Crippen LogP contribution in [0.25, 0.3) is 0 Å². The predicted octanol–water partition coefficient (Wildman–Crippen LogP) is 4.17. The first-order valence-electron chi connectivity index (χ1n) is 6.46. The molecule has 20 heavy (non-hydrogen) atoms. The van der Waals surface area contributed by atoms with Gasteiger partial charge in [-0.25, -0.2) is 8.78 Å². The monoisotopic (exact) mass is 311 g/mol. The summed E-state index contributed by atoms with van der Waals surface area (Å²) in [6.07, 6.45) is 1.04. The SMILES string of the molecule is Cc1cc(F)c(C(N)c2cc3c(s2)CCSC3)cc1F. The minimum Gasteiger partial charge on any atom is -0.320 e. The van der Waals surface area contributed by atoms with Gasteiger partial charge in [0.05, 0.1) is 6.04 Å². The number of thioether (sulfide) groups is 1. The van der Waals surface area contributed by atoms with Gasteiger partial charge in [0.2, 0.25) is 0 Å². The van der Waals surface area contributed by atoms with Crippen LogP contribution in [0, 0.1) is 18.6 Å². The Balaban J connectivity index is 1.98.